The quantitative estimate of drug-likeness (QED) is 0.338. The lowest BCUT2D eigenvalue weighted by atomic mass is 9.70. The first-order chi connectivity index (χ1) is 17.1. The fraction of sp³-hybridized carbons (Fsp3) is 0.600. The lowest BCUT2D eigenvalue weighted by Crippen LogP contribution is -2.23. The zero-order chi connectivity index (χ0) is 25.9. The maximum absolute atomic E-state index is 15.0. The molecule has 6 heteroatoms. The monoisotopic (exact) mass is 508 g/mol. The third-order valence-electron chi connectivity index (χ3n) is 8.76. The van der Waals surface area contributed by atoms with E-state index >= 15 is 0 Å². The maximum Gasteiger partial charge on any atom is 0.573 e. The van der Waals surface area contributed by atoms with E-state index in [0.717, 1.165) is 67.1 Å². The third-order valence-corrected chi connectivity index (χ3v) is 8.76. The highest BCUT2D eigenvalue weighted by Gasteiger charge is 2.33. The van der Waals surface area contributed by atoms with Crippen LogP contribution in [0.4, 0.5) is 22.0 Å². The molecule has 4 rings (SSSR count). The van der Waals surface area contributed by atoms with Gasteiger partial charge in [0.1, 0.15) is 5.82 Å². The Balaban J connectivity index is 1.32. The summed E-state index contributed by atoms with van der Waals surface area (Å²) in [6.45, 7) is 4.74. The zero-order valence-corrected chi connectivity index (χ0v) is 21.2. The van der Waals surface area contributed by atoms with Gasteiger partial charge in [-0.2, -0.15) is 0 Å². The van der Waals surface area contributed by atoms with Crippen molar-refractivity contribution in [3.63, 3.8) is 0 Å². The van der Waals surface area contributed by atoms with Gasteiger partial charge in [-0.25, -0.2) is 8.78 Å². The lowest BCUT2D eigenvalue weighted by molar-refractivity contribution is -0.275. The Hall–Kier alpha value is -2.11. The molecule has 2 aromatic rings. The van der Waals surface area contributed by atoms with Gasteiger partial charge in [0.25, 0.3) is 0 Å². The van der Waals surface area contributed by atoms with Crippen molar-refractivity contribution in [3.05, 3.63) is 53.6 Å². The van der Waals surface area contributed by atoms with Crippen molar-refractivity contribution in [2.24, 2.45) is 23.7 Å². The molecule has 0 heterocycles. The van der Waals surface area contributed by atoms with Crippen LogP contribution in [0.3, 0.4) is 0 Å². The minimum Gasteiger partial charge on any atom is -0.403 e. The molecule has 0 aromatic heterocycles. The Morgan fingerprint density at radius 3 is 2.08 bits per heavy atom. The smallest absolute Gasteiger partial charge is 0.403 e. The largest absolute Gasteiger partial charge is 0.573 e. The summed E-state index contributed by atoms with van der Waals surface area (Å²) in [6.07, 6.45) is 7.55. The second kappa shape index (κ2) is 11.5. The third kappa shape index (κ3) is 6.80. The molecular weight excluding hydrogens is 471 g/mol. The Kier molecular flexibility index (Phi) is 8.62. The zero-order valence-electron chi connectivity index (χ0n) is 21.2. The van der Waals surface area contributed by atoms with Gasteiger partial charge in [-0.1, -0.05) is 51.3 Å². The molecule has 0 N–H and O–H groups in total. The summed E-state index contributed by atoms with van der Waals surface area (Å²) in [5.41, 5.74) is 1.28. The van der Waals surface area contributed by atoms with Crippen molar-refractivity contribution >= 4 is 0 Å². The van der Waals surface area contributed by atoms with E-state index in [4.69, 9.17) is 0 Å². The number of hydrogen-bond donors (Lipinski definition) is 0. The number of alkyl halides is 3. The summed E-state index contributed by atoms with van der Waals surface area (Å²) in [4.78, 5) is 0. The van der Waals surface area contributed by atoms with Crippen LogP contribution in [-0.2, 0) is 0 Å². The van der Waals surface area contributed by atoms with Gasteiger partial charge in [0.05, 0.1) is 0 Å². The second-order valence-electron chi connectivity index (χ2n) is 11.1. The van der Waals surface area contributed by atoms with Gasteiger partial charge in [-0.05, 0) is 104 Å². The van der Waals surface area contributed by atoms with Gasteiger partial charge < -0.3 is 4.74 Å². The summed E-state index contributed by atoms with van der Waals surface area (Å²) in [5, 5.41) is 0. The van der Waals surface area contributed by atoms with Gasteiger partial charge in [-0.15, -0.1) is 13.2 Å². The molecule has 2 aromatic carbocycles. The predicted molar refractivity (Wildman–Crippen MR) is 133 cm³/mol. The summed E-state index contributed by atoms with van der Waals surface area (Å²) >= 11 is 0. The highest BCUT2D eigenvalue weighted by molar-refractivity contribution is 5.65. The number of rotatable bonds is 7. The Morgan fingerprint density at radius 1 is 0.833 bits per heavy atom. The molecule has 2 aliphatic carbocycles. The van der Waals surface area contributed by atoms with Crippen molar-refractivity contribution in [2.75, 3.05) is 0 Å². The van der Waals surface area contributed by atoms with E-state index in [1.54, 1.807) is 6.07 Å². The molecule has 0 aliphatic heterocycles. The molecule has 1 unspecified atom stereocenters. The predicted octanol–water partition coefficient (Wildman–Crippen LogP) is 10.0. The number of benzene rings is 2. The fourth-order valence-electron chi connectivity index (χ4n) is 6.51. The number of ether oxygens (including phenoxy) is 1. The topological polar surface area (TPSA) is 9.23 Å². The van der Waals surface area contributed by atoms with E-state index in [1.165, 1.54) is 50.7 Å². The lowest BCUT2D eigenvalue weighted by Gasteiger charge is -2.35. The molecule has 2 aliphatic rings. The Morgan fingerprint density at radius 2 is 1.50 bits per heavy atom. The van der Waals surface area contributed by atoms with Gasteiger partial charge in [0, 0.05) is 5.56 Å². The average molecular weight is 509 g/mol. The molecule has 0 bridgehead atoms. The SMILES string of the molecule is CCC1CCC(C(C)CC2CCC(c3ccc(-c4ccc(OC(F)(F)F)c(F)c4)c(F)c3)CC2)CC1. The van der Waals surface area contributed by atoms with Crippen molar-refractivity contribution < 1.29 is 26.7 Å². The first-order valence-corrected chi connectivity index (χ1v) is 13.5. The van der Waals surface area contributed by atoms with Crippen LogP contribution < -0.4 is 4.74 Å². The molecule has 0 saturated heterocycles. The molecule has 0 amide bonds. The maximum atomic E-state index is 15.0. The minimum atomic E-state index is -4.99. The highest BCUT2D eigenvalue weighted by atomic mass is 19.4. The van der Waals surface area contributed by atoms with Gasteiger partial charge in [0.2, 0.25) is 0 Å². The van der Waals surface area contributed by atoms with Crippen LogP contribution in [0.25, 0.3) is 11.1 Å². The molecule has 36 heavy (non-hydrogen) atoms. The number of hydrogen-bond acceptors (Lipinski definition) is 1. The molecule has 0 spiro atoms. The van der Waals surface area contributed by atoms with Crippen molar-refractivity contribution in [2.45, 2.75) is 90.3 Å². The molecule has 1 nitrogen and oxygen atoms in total. The van der Waals surface area contributed by atoms with E-state index in [1.807, 2.05) is 6.07 Å². The van der Waals surface area contributed by atoms with Crippen LogP contribution in [0, 0.1) is 35.3 Å². The summed E-state index contributed by atoms with van der Waals surface area (Å²) < 4.78 is 69.9. The van der Waals surface area contributed by atoms with Crippen LogP contribution in [0.2, 0.25) is 0 Å². The highest BCUT2D eigenvalue weighted by Crippen LogP contribution is 2.43. The van der Waals surface area contributed by atoms with Crippen molar-refractivity contribution in [3.8, 4) is 16.9 Å². The molecule has 1 atom stereocenters. The fourth-order valence-corrected chi connectivity index (χ4v) is 6.51. The standard InChI is InChI=1S/C30H37F5O/c1-3-20-4-8-22(9-5-20)19(2)16-21-6-10-23(11-7-21)24-12-14-26(27(31)17-24)25-13-15-29(28(32)18-25)36-30(33,34)35/h12-15,17-23H,3-11,16H2,1-2H3. The van der Waals surface area contributed by atoms with Gasteiger partial charge in [-0.3, -0.25) is 0 Å². The number of halogens is 5. The van der Waals surface area contributed by atoms with Crippen LogP contribution in [0.15, 0.2) is 36.4 Å². The Bertz CT molecular complexity index is 1000. The van der Waals surface area contributed by atoms with E-state index in [9.17, 15) is 22.0 Å². The van der Waals surface area contributed by atoms with Gasteiger partial charge in [0.15, 0.2) is 11.6 Å². The second-order valence-corrected chi connectivity index (χ2v) is 11.1. The van der Waals surface area contributed by atoms with E-state index in [0.29, 0.717) is 5.92 Å². The molecule has 2 fully saturated rings. The van der Waals surface area contributed by atoms with E-state index in [2.05, 4.69) is 18.6 Å². The van der Waals surface area contributed by atoms with E-state index < -0.39 is 23.7 Å². The van der Waals surface area contributed by atoms with Crippen LogP contribution in [0.5, 0.6) is 5.75 Å². The average Bonchev–Trinajstić information content (AvgIpc) is 2.85. The van der Waals surface area contributed by atoms with Crippen LogP contribution in [0.1, 0.15) is 89.5 Å². The normalized spacial score (nSPS) is 26.0. The van der Waals surface area contributed by atoms with E-state index in [-0.39, 0.29) is 11.1 Å². The summed E-state index contributed by atoms with van der Waals surface area (Å²) in [7, 11) is 0. The first-order valence-electron chi connectivity index (χ1n) is 13.5. The summed E-state index contributed by atoms with van der Waals surface area (Å²) in [6, 6.07) is 7.97. The molecular formula is C30H37F5O. The van der Waals surface area contributed by atoms with Crippen LogP contribution >= 0.6 is 0 Å². The summed E-state index contributed by atoms with van der Waals surface area (Å²) in [5.74, 6) is 1.01. The Labute approximate surface area is 211 Å². The van der Waals surface area contributed by atoms with Gasteiger partial charge >= 0.3 is 6.36 Å². The minimum absolute atomic E-state index is 0.163. The molecule has 198 valence electrons. The first kappa shape index (κ1) is 26.9. The molecule has 0 radical (unpaired) electrons. The molecule has 2 saturated carbocycles. The van der Waals surface area contributed by atoms with Crippen molar-refractivity contribution in [1.29, 1.82) is 0 Å². The van der Waals surface area contributed by atoms with Crippen LogP contribution in [-0.4, -0.2) is 6.36 Å². The van der Waals surface area contributed by atoms with Crippen molar-refractivity contribution in [1.82, 2.24) is 0 Å².